The van der Waals surface area contributed by atoms with Gasteiger partial charge in [-0.3, -0.25) is 0 Å². The summed E-state index contributed by atoms with van der Waals surface area (Å²) in [5.74, 6) is 0.565. The monoisotopic (exact) mass is 280 g/mol. The van der Waals surface area contributed by atoms with Crippen molar-refractivity contribution in [2.75, 3.05) is 0 Å². The fourth-order valence-electron chi connectivity index (χ4n) is 2.92. The molecule has 20 heavy (non-hydrogen) atoms. The molecule has 0 saturated heterocycles. The maximum absolute atomic E-state index is 13.6. The summed E-state index contributed by atoms with van der Waals surface area (Å²) in [5.41, 5.74) is -0.777. The van der Waals surface area contributed by atoms with Crippen LogP contribution < -0.4 is 4.74 Å². The molecule has 0 bridgehead atoms. The topological polar surface area (TPSA) is 29.5 Å². The third-order valence-corrected chi connectivity index (χ3v) is 4.34. The molecule has 1 saturated carbocycles. The van der Waals surface area contributed by atoms with E-state index in [9.17, 15) is 9.50 Å². The number of rotatable bonds is 6. The summed E-state index contributed by atoms with van der Waals surface area (Å²) in [6.07, 6.45) is 6.36. The van der Waals surface area contributed by atoms with Gasteiger partial charge in [-0.25, -0.2) is 4.39 Å². The lowest BCUT2D eigenvalue weighted by Gasteiger charge is -2.32. The van der Waals surface area contributed by atoms with Crippen molar-refractivity contribution in [1.29, 1.82) is 0 Å². The molecule has 112 valence electrons. The molecule has 1 N–H and O–H groups in total. The van der Waals surface area contributed by atoms with Gasteiger partial charge in [0.05, 0.1) is 6.10 Å². The highest BCUT2D eigenvalue weighted by Gasteiger charge is 2.31. The van der Waals surface area contributed by atoms with Gasteiger partial charge in [-0.15, -0.1) is 0 Å². The van der Waals surface area contributed by atoms with E-state index in [0.717, 1.165) is 12.3 Å². The maximum atomic E-state index is 13.6. The van der Waals surface area contributed by atoms with Crippen LogP contribution in [0.25, 0.3) is 0 Å². The predicted molar refractivity (Wildman–Crippen MR) is 78.3 cm³/mol. The standard InChI is InChI=1S/C17H25FO2/c1-17(2,20-15-10-6-5-9-14(15)18)16(19)12-11-13-7-3-4-8-13/h5-6,9-10,13,16,19H,3-4,7-8,11-12H2,1-2H3. The van der Waals surface area contributed by atoms with Crippen molar-refractivity contribution in [1.82, 2.24) is 0 Å². The molecule has 0 aliphatic heterocycles. The van der Waals surface area contributed by atoms with E-state index in [1.54, 1.807) is 18.2 Å². The van der Waals surface area contributed by atoms with Gasteiger partial charge in [0.25, 0.3) is 0 Å². The quantitative estimate of drug-likeness (QED) is 0.841. The second-order valence-corrected chi connectivity index (χ2v) is 6.38. The number of aliphatic hydroxyl groups is 1. The SMILES string of the molecule is CC(C)(Oc1ccccc1F)C(O)CCC1CCCC1. The Morgan fingerprint density at radius 1 is 1.30 bits per heavy atom. The van der Waals surface area contributed by atoms with Crippen LogP contribution in [0.15, 0.2) is 24.3 Å². The van der Waals surface area contributed by atoms with E-state index in [4.69, 9.17) is 4.74 Å². The van der Waals surface area contributed by atoms with Gasteiger partial charge in [0.1, 0.15) is 5.60 Å². The van der Waals surface area contributed by atoms with Crippen LogP contribution in [0.4, 0.5) is 4.39 Å². The number of aliphatic hydroxyl groups excluding tert-OH is 1. The summed E-state index contributed by atoms with van der Waals surface area (Å²) in [6.45, 7) is 3.64. The van der Waals surface area contributed by atoms with E-state index < -0.39 is 11.7 Å². The van der Waals surface area contributed by atoms with Gasteiger partial charge >= 0.3 is 0 Å². The Morgan fingerprint density at radius 2 is 1.95 bits per heavy atom. The van der Waals surface area contributed by atoms with E-state index in [0.29, 0.717) is 6.42 Å². The summed E-state index contributed by atoms with van der Waals surface area (Å²) < 4.78 is 19.3. The normalized spacial score (nSPS) is 18.2. The molecule has 1 atom stereocenters. The molecule has 2 rings (SSSR count). The van der Waals surface area contributed by atoms with Gasteiger partial charge in [-0.05, 0) is 44.7 Å². The number of hydrogen-bond donors (Lipinski definition) is 1. The Kier molecular flexibility index (Phi) is 5.03. The second-order valence-electron chi connectivity index (χ2n) is 6.38. The Balaban J connectivity index is 1.89. The van der Waals surface area contributed by atoms with E-state index >= 15 is 0 Å². The first kappa shape index (κ1) is 15.3. The fraction of sp³-hybridized carbons (Fsp3) is 0.647. The third-order valence-electron chi connectivity index (χ3n) is 4.34. The summed E-state index contributed by atoms with van der Waals surface area (Å²) in [5, 5.41) is 10.3. The van der Waals surface area contributed by atoms with Crippen molar-refractivity contribution >= 4 is 0 Å². The zero-order valence-corrected chi connectivity index (χ0v) is 12.4. The molecule has 2 nitrogen and oxygen atoms in total. The zero-order chi connectivity index (χ0) is 14.6. The van der Waals surface area contributed by atoms with Gasteiger partial charge in [-0.2, -0.15) is 0 Å². The first-order valence-electron chi connectivity index (χ1n) is 7.60. The zero-order valence-electron chi connectivity index (χ0n) is 12.4. The Labute approximate surface area is 121 Å². The van der Waals surface area contributed by atoms with Crippen molar-refractivity contribution in [3.63, 3.8) is 0 Å². The number of hydrogen-bond acceptors (Lipinski definition) is 2. The lowest BCUT2D eigenvalue weighted by molar-refractivity contribution is -0.0368. The molecule has 1 fully saturated rings. The minimum Gasteiger partial charge on any atom is -0.482 e. The average Bonchev–Trinajstić information content (AvgIpc) is 2.91. The Morgan fingerprint density at radius 3 is 2.60 bits per heavy atom. The minimum atomic E-state index is -0.777. The van der Waals surface area contributed by atoms with Crippen LogP contribution in [0.1, 0.15) is 52.4 Å². The molecule has 3 heteroatoms. The predicted octanol–water partition coefficient (Wildman–Crippen LogP) is 4.31. The number of para-hydroxylation sites is 1. The van der Waals surface area contributed by atoms with E-state index in [1.165, 1.54) is 31.7 Å². The third kappa shape index (κ3) is 3.95. The average molecular weight is 280 g/mol. The first-order valence-corrected chi connectivity index (χ1v) is 7.60. The molecular formula is C17H25FO2. The van der Waals surface area contributed by atoms with Gasteiger partial charge in [0.2, 0.25) is 0 Å². The molecule has 1 aliphatic carbocycles. The summed E-state index contributed by atoms with van der Waals surface area (Å²) in [6, 6.07) is 6.34. The summed E-state index contributed by atoms with van der Waals surface area (Å²) in [7, 11) is 0. The van der Waals surface area contributed by atoms with Gasteiger partial charge < -0.3 is 9.84 Å². The molecule has 0 heterocycles. The smallest absolute Gasteiger partial charge is 0.165 e. The van der Waals surface area contributed by atoms with E-state index in [1.807, 2.05) is 13.8 Å². The molecule has 0 aromatic heterocycles. The van der Waals surface area contributed by atoms with Crippen LogP contribution in [-0.2, 0) is 0 Å². The van der Waals surface area contributed by atoms with Crippen molar-refractivity contribution in [2.24, 2.45) is 5.92 Å². The molecule has 1 aromatic carbocycles. The van der Waals surface area contributed by atoms with E-state index in [-0.39, 0.29) is 11.6 Å². The summed E-state index contributed by atoms with van der Waals surface area (Å²) >= 11 is 0. The molecular weight excluding hydrogens is 255 g/mol. The molecule has 1 aliphatic rings. The lowest BCUT2D eigenvalue weighted by Crippen LogP contribution is -2.42. The minimum absolute atomic E-state index is 0.206. The van der Waals surface area contributed by atoms with E-state index in [2.05, 4.69) is 0 Å². The maximum Gasteiger partial charge on any atom is 0.165 e. The summed E-state index contributed by atoms with van der Waals surface area (Å²) in [4.78, 5) is 0. The van der Waals surface area contributed by atoms with Crippen molar-refractivity contribution in [2.45, 2.75) is 64.1 Å². The lowest BCUT2D eigenvalue weighted by atomic mass is 9.92. The van der Waals surface area contributed by atoms with Crippen LogP contribution in [0.2, 0.25) is 0 Å². The van der Waals surface area contributed by atoms with Gasteiger partial charge in [0, 0.05) is 0 Å². The van der Waals surface area contributed by atoms with Crippen molar-refractivity contribution in [3.8, 4) is 5.75 Å². The highest BCUT2D eigenvalue weighted by atomic mass is 19.1. The van der Waals surface area contributed by atoms with Crippen molar-refractivity contribution in [3.05, 3.63) is 30.1 Å². The van der Waals surface area contributed by atoms with Crippen LogP contribution >= 0.6 is 0 Å². The second kappa shape index (κ2) is 6.57. The van der Waals surface area contributed by atoms with Gasteiger partial charge in [0.15, 0.2) is 11.6 Å². The van der Waals surface area contributed by atoms with Crippen LogP contribution in [-0.4, -0.2) is 16.8 Å². The number of ether oxygens (including phenoxy) is 1. The van der Waals surface area contributed by atoms with Crippen LogP contribution in [0.3, 0.4) is 0 Å². The van der Waals surface area contributed by atoms with Crippen molar-refractivity contribution < 1.29 is 14.2 Å². The highest BCUT2D eigenvalue weighted by Crippen LogP contribution is 2.31. The molecule has 1 unspecified atom stereocenters. The molecule has 0 spiro atoms. The first-order chi connectivity index (χ1) is 9.49. The molecule has 0 radical (unpaired) electrons. The van der Waals surface area contributed by atoms with Crippen LogP contribution in [0, 0.1) is 11.7 Å². The Hall–Kier alpha value is -1.09. The highest BCUT2D eigenvalue weighted by molar-refractivity contribution is 5.24. The number of benzene rings is 1. The molecule has 0 amide bonds. The van der Waals surface area contributed by atoms with Crippen LogP contribution in [0.5, 0.6) is 5.75 Å². The van der Waals surface area contributed by atoms with Gasteiger partial charge in [-0.1, -0.05) is 37.8 Å². The fourth-order valence-corrected chi connectivity index (χ4v) is 2.92. The Bertz CT molecular complexity index is 425. The largest absolute Gasteiger partial charge is 0.482 e. The number of halogens is 1. The molecule has 1 aromatic rings.